The molecule has 25 heavy (non-hydrogen) atoms. The van der Waals surface area contributed by atoms with E-state index in [4.69, 9.17) is 0 Å². The van der Waals surface area contributed by atoms with Gasteiger partial charge in [0.05, 0.1) is 11.6 Å². The highest BCUT2D eigenvalue weighted by Crippen LogP contribution is 2.19. The summed E-state index contributed by atoms with van der Waals surface area (Å²) in [6.07, 6.45) is -3.47. The molecule has 0 bridgehead atoms. The second-order valence-electron chi connectivity index (χ2n) is 5.15. The fourth-order valence-electron chi connectivity index (χ4n) is 1.96. The Morgan fingerprint density at radius 2 is 1.96 bits per heavy atom. The van der Waals surface area contributed by atoms with E-state index in [1.807, 2.05) is 0 Å². The highest BCUT2D eigenvalue weighted by molar-refractivity contribution is 5.94. The molecule has 0 aliphatic carbocycles. The number of halogens is 5. The Kier molecular flexibility index (Phi) is 5.55. The van der Waals surface area contributed by atoms with Crippen molar-refractivity contribution in [1.82, 2.24) is 10.3 Å². The Bertz CT molecular complexity index is 747. The van der Waals surface area contributed by atoms with Crippen molar-refractivity contribution in [2.45, 2.75) is 19.1 Å². The largest absolute Gasteiger partial charge is 0.468 e. The summed E-state index contributed by atoms with van der Waals surface area (Å²) in [5.41, 5.74) is -0.00513. The second-order valence-corrected chi connectivity index (χ2v) is 5.15. The maximum Gasteiger partial charge on any atom is 0.422 e. The molecule has 1 heterocycles. The van der Waals surface area contributed by atoms with Crippen molar-refractivity contribution in [2.75, 3.05) is 6.61 Å². The zero-order valence-electron chi connectivity index (χ0n) is 12.9. The lowest BCUT2D eigenvalue weighted by Crippen LogP contribution is -2.27. The molecule has 4 nitrogen and oxygen atoms in total. The third kappa shape index (κ3) is 5.40. The van der Waals surface area contributed by atoms with E-state index in [1.165, 1.54) is 13.0 Å². The SMILES string of the molecule is CC(NC(=O)c1ccc(OCC(F)(F)F)nc1)c1cc(F)ccc1F. The van der Waals surface area contributed by atoms with Crippen molar-refractivity contribution in [3.8, 4) is 5.88 Å². The molecule has 0 aliphatic rings. The first-order valence-electron chi connectivity index (χ1n) is 7.07. The highest BCUT2D eigenvalue weighted by Gasteiger charge is 2.28. The lowest BCUT2D eigenvalue weighted by Gasteiger charge is -2.15. The molecule has 1 aromatic carbocycles. The smallest absolute Gasteiger partial charge is 0.422 e. The van der Waals surface area contributed by atoms with Gasteiger partial charge in [0.15, 0.2) is 6.61 Å². The maximum atomic E-state index is 13.7. The summed E-state index contributed by atoms with van der Waals surface area (Å²) in [5, 5.41) is 2.45. The number of rotatable bonds is 5. The number of hydrogen-bond acceptors (Lipinski definition) is 3. The summed E-state index contributed by atoms with van der Waals surface area (Å²) in [6.45, 7) is -0.0363. The third-order valence-electron chi connectivity index (χ3n) is 3.15. The van der Waals surface area contributed by atoms with E-state index < -0.39 is 36.4 Å². The van der Waals surface area contributed by atoms with Crippen molar-refractivity contribution in [3.05, 3.63) is 59.3 Å². The molecule has 0 aliphatic heterocycles. The van der Waals surface area contributed by atoms with E-state index in [2.05, 4.69) is 15.0 Å². The standard InChI is InChI=1S/C16H13F5N2O2/c1-9(12-6-11(17)3-4-13(12)18)23-15(24)10-2-5-14(22-7-10)25-8-16(19,20)21/h2-7,9H,8H2,1H3,(H,23,24). The number of nitrogens with one attached hydrogen (secondary N) is 1. The minimum atomic E-state index is -4.50. The average Bonchev–Trinajstić information content (AvgIpc) is 2.54. The van der Waals surface area contributed by atoms with Crippen LogP contribution in [0.15, 0.2) is 36.5 Å². The van der Waals surface area contributed by atoms with Gasteiger partial charge in [0, 0.05) is 17.8 Å². The summed E-state index contributed by atoms with van der Waals surface area (Å²) in [7, 11) is 0. The van der Waals surface area contributed by atoms with Crippen LogP contribution >= 0.6 is 0 Å². The molecule has 0 radical (unpaired) electrons. The van der Waals surface area contributed by atoms with Crippen molar-refractivity contribution in [3.63, 3.8) is 0 Å². The fourth-order valence-corrected chi connectivity index (χ4v) is 1.96. The summed E-state index contributed by atoms with van der Waals surface area (Å²) < 4.78 is 67.4. The zero-order chi connectivity index (χ0) is 18.6. The summed E-state index contributed by atoms with van der Waals surface area (Å²) in [4.78, 5) is 15.7. The lowest BCUT2D eigenvalue weighted by atomic mass is 10.1. The van der Waals surface area contributed by atoms with Gasteiger partial charge in [-0.2, -0.15) is 13.2 Å². The molecule has 2 rings (SSSR count). The minimum Gasteiger partial charge on any atom is -0.468 e. The van der Waals surface area contributed by atoms with Gasteiger partial charge in [-0.05, 0) is 31.2 Å². The van der Waals surface area contributed by atoms with Crippen molar-refractivity contribution < 1.29 is 31.5 Å². The van der Waals surface area contributed by atoms with E-state index in [1.54, 1.807) is 0 Å². The Morgan fingerprint density at radius 1 is 1.24 bits per heavy atom. The van der Waals surface area contributed by atoms with Crippen LogP contribution in [0.3, 0.4) is 0 Å². The monoisotopic (exact) mass is 360 g/mol. The fraction of sp³-hybridized carbons (Fsp3) is 0.250. The number of aromatic nitrogens is 1. The van der Waals surface area contributed by atoms with Crippen LogP contribution in [0.1, 0.15) is 28.9 Å². The molecule has 1 amide bonds. The molecule has 9 heteroatoms. The number of carbonyl (C=O) groups is 1. The first-order valence-corrected chi connectivity index (χ1v) is 7.07. The van der Waals surface area contributed by atoms with E-state index >= 15 is 0 Å². The zero-order valence-corrected chi connectivity index (χ0v) is 12.9. The van der Waals surface area contributed by atoms with Gasteiger partial charge in [0.25, 0.3) is 5.91 Å². The third-order valence-corrected chi connectivity index (χ3v) is 3.15. The number of nitrogens with zero attached hydrogens (tertiary/aromatic N) is 1. The van der Waals surface area contributed by atoms with Gasteiger partial charge >= 0.3 is 6.18 Å². The van der Waals surface area contributed by atoms with Crippen LogP contribution in [0.2, 0.25) is 0 Å². The number of carbonyl (C=O) groups excluding carboxylic acids is 1. The van der Waals surface area contributed by atoms with Crippen LogP contribution < -0.4 is 10.1 Å². The van der Waals surface area contributed by atoms with Crippen molar-refractivity contribution in [1.29, 1.82) is 0 Å². The average molecular weight is 360 g/mol. The van der Waals surface area contributed by atoms with Crippen LogP contribution in [0.25, 0.3) is 0 Å². The number of benzene rings is 1. The molecule has 1 atom stereocenters. The van der Waals surface area contributed by atoms with Crippen LogP contribution in [-0.4, -0.2) is 23.7 Å². The molecule has 2 aromatic rings. The van der Waals surface area contributed by atoms with Crippen LogP contribution in [-0.2, 0) is 0 Å². The summed E-state index contributed by atoms with van der Waals surface area (Å²) in [5.74, 6) is -2.27. The predicted octanol–water partition coefficient (Wildman–Crippen LogP) is 3.79. The Morgan fingerprint density at radius 3 is 2.56 bits per heavy atom. The molecule has 134 valence electrons. The van der Waals surface area contributed by atoms with Gasteiger partial charge in [-0.25, -0.2) is 13.8 Å². The lowest BCUT2D eigenvalue weighted by molar-refractivity contribution is -0.154. The molecule has 0 saturated heterocycles. The molecule has 1 aromatic heterocycles. The molecule has 0 saturated carbocycles. The van der Waals surface area contributed by atoms with Gasteiger partial charge in [0.1, 0.15) is 11.6 Å². The van der Waals surface area contributed by atoms with Crippen LogP contribution in [0, 0.1) is 11.6 Å². The summed E-state index contributed by atoms with van der Waals surface area (Å²) >= 11 is 0. The van der Waals surface area contributed by atoms with E-state index in [-0.39, 0.29) is 17.0 Å². The molecule has 0 fully saturated rings. The molecule has 1 unspecified atom stereocenters. The Hall–Kier alpha value is -2.71. The van der Waals surface area contributed by atoms with Gasteiger partial charge in [0.2, 0.25) is 5.88 Å². The van der Waals surface area contributed by atoms with Gasteiger partial charge in [-0.15, -0.1) is 0 Å². The van der Waals surface area contributed by atoms with Crippen molar-refractivity contribution in [2.24, 2.45) is 0 Å². The minimum absolute atomic E-state index is 0.0306. The number of ether oxygens (including phenoxy) is 1. The van der Waals surface area contributed by atoms with Crippen molar-refractivity contribution >= 4 is 5.91 Å². The first kappa shape index (κ1) is 18.6. The topological polar surface area (TPSA) is 51.2 Å². The maximum absolute atomic E-state index is 13.7. The first-order chi connectivity index (χ1) is 11.7. The molecule has 0 spiro atoms. The second kappa shape index (κ2) is 7.45. The van der Waals surface area contributed by atoms with E-state index in [0.29, 0.717) is 0 Å². The predicted molar refractivity (Wildman–Crippen MR) is 78.0 cm³/mol. The van der Waals surface area contributed by atoms with Gasteiger partial charge in [-0.3, -0.25) is 4.79 Å². The van der Waals surface area contributed by atoms with Gasteiger partial charge in [-0.1, -0.05) is 0 Å². The Balaban J connectivity index is 2.02. The number of amides is 1. The van der Waals surface area contributed by atoms with Crippen LogP contribution in [0.5, 0.6) is 5.88 Å². The number of hydrogen-bond donors (Lipinski definition) is 1. The molecule has 1 N–H and O–H groups in total. The van der Waals surface area contributed by atoms with E-state index in [9.17, 15) is 26.7 Å². The normalized spacial score (nSPS) is 12.6. The van der Waals surface area contributed by atoms with E-state index in [0.717, 1.165) is 30.5 Å². The molecular formula is C16H13F5N2O2. The Labute approximate surface area is 139 Å². The van der Waals surface area contributed by atoms with Crippen LogP contribution in [0.4, 0.5) is 22.0 Å². The quantitative estimate of drug-likeness (QED) is 0.826. The highest BCUT2D eigenvalue weighted by atomic mass is 19.4. The number of alkyl halides is 3. The van der Waals surface area contributed by atoms with Gasteiger partial charge < -0.3 is 10.1 Å². The molecular weight excluding hydrogens is 347 g/mol. The summed E-state index contributed by atoms with van der Waals surface area (Å²) in [6, 6.07) is 4.35. The number of pyridine rings is 1.